The highest BCUT2D eigenvalue weighted by Gasteiger charge is 2.16. The lowest BCUT2D eigenvalue weighted by atomic mass is 10.1. The van der Waals surface area contributed by atoms with Gasteiger partial charge in [0.05, 0.1) is 8.49 Å². The molecular weight excluding hydrogens is 299 g/mol. The zero-order valence-corrected chi connectivity index (χ0v) is 9.44. The number of benzene rings is 1. The van der Waals surface area contributed by atoms with Crippen LogP contribution in [0.5, 0.6) is 0 Å². The average molecular weight is 306 g/mol. The number of rotatable bonds is 2. The van der Waals surface area contributed by atoms with Crippen LogP contribution in [0.25, 0.3) is 0 Å². The number of carbonyl (C=O) groups excluding carboxylic acids is 1. The molecule has 0 aliphatic rings. The maximum atomic E-state index is 11.0. The lowest BCUT2D eigenvalue weighted by molar-refractivity contribution is -0.385. The number of halogens is 1. The summed E-state index contributed by atoms with van der Waals surface area (Å²) in [5.74, 6) is -0.276. The third-order valence-electron chi connectivity index (χ3n) is 1.69. The number of nitrogens with zero attached hydrogens (tertiary/aromatic N) is 1. The zero-order chi connectivity index (χ0) is 10.9. The third kappa shape index (κ3) is 2.00. The number of nitrogens with two attached hydrogens (primary N) is 1. The molecule has 0 saturated carbocycles. The molecule has 0 saturated heterocycles. The van der Waals surface area contributed by atoms with E-state index in [0.29, 0.717) is 3.57 Å². The van der Waals surface area contributed by atoms with Gasteiger partial charge in [-0.3, -0.25) is 14.9 Å². The van der Waals surface area contributed by atoms with Crippen molar-refractivity contribution in [2.24, 2.45) is 0 Å². The molecule has 5 nitrogen and oxygen atoms in total. The van der Waals surface area contributed by atoms with Crippen LogP contribution in [0, 0.1) is 13.7 Å². The van der Waals surface area contributed by atoms with Gasteiger partial charge >= 0.3 is 0 Å². The number of nitro benzene ring substituents is 1. The van der Waals surface area contributed by atoms with E-state index < -0.39 is 4.92 Å². The summed E-state index contributed by atoms with van der Waals surface area (Å²) in [5.41, 5.74) is 5.91. The molecule has 0 fully saturated rings. The van der Waals surface area contributed by atoms with E-state index in [1.54, 1.807) is 0 Å². The molecule has 1 aromatic rings. The van der Waals surface area contributed by atoms with E-state index in [1.807, 2.05) is 22.6 Å². The third-order valence-corrected chi connectivity index (χ3v) is 2.56. The van der Waals surface area contributed by atoms with Gasteiger partial charge in [-0.25, -0.2) is 0 Å². The van der Waals surface area contributed by atoms with Crippen molar-refractivity contribution in [2.75, 3.05) is 5.73 Å². The monoisotopic (exact) mass is 306 g/mol. The van der Waals surface area contributed by atoms with Crippen LogP contribution in [0.2, 0.25) is 0 Å². The number of Topliss-reactive ketones (excluding diaryl/α,β-unsaturated/α-hetero) is 1. The van der Waals surface area contributed by atoms with Gasteiger partial charge in [0.15, 0.2) is 5.78 Å². The van der Waals surface area contributed by atoms with Crippen molar-refractivity contribution >= 4 is 39.7 Å². The second kappa shape index (κ2) is 3.91. The summed E-state index contributed by atoms with van der Waals surface area (Å²) in [6.45, 7) is 1.32. The zero-order valence-electron chi connectivity index (χ0n) is 7.28. The fourth-order valence-corrected chi connectivity index (χ4v) is 1.71. The van der Waals surface area contributed by atoms with Crippen LogP contribution in [0.3, 0.4) is 0 Å². The Morgan fingerprint density at radius 2 is 2.14 bits per heavy atom. The van der Waals surface area contributed by atoms with Crippen molar-refractivity contribution in [3.05, 3.63) is 31.4 Å². The van der Waals surface area contributed by atoms with Crippen molar-refractivity contribution < 1.29 is 9.72 Å². The van der Waals surface area contributed by atoms with Crippen LogP contribution in [-0.4, -0.2) is 10.7 Å². The van der Waals surface area contributed by atoms with Gasteiger partial charge in [0.2, 0.25) is 0 Å². The minimum absolute atomic E-state index is 0.0926. The molecule has 0 atom stereocenters. The van der Waals surface area contributed by atoms with E-state index in [4.69, 9.17) is 5.73 Å². The topological polar surface area (TPSA) is 86.2 Å². The highest BCUT2D eigenvalue weighted by Crippen LogP contribution is 2.26. The Hall–Kier alpha value is -1.18. The first kappa shape index (κ1) is 10.9. The number of nitrogen functional groups attached to an aromatic ring is 1. The number of nitro groups is 1. The second-order valence-corrected chi connectivity index (χ2v) is 3.87. The summed E-state index contributed by atoms with van der Waals surface area (Å²) >= 11 is 1.81. The Morgan fingerprint density at radius 1 is 1.57 bits per heavy atom. The number of carbonyl (C=O) groups is 1. The fourth-order valence-electron chi connectivity index (χ4n) is 1.02. The van der Waals surface area contributed by atoms with Gasteiger partial charge in [-0.1, -0.05) is 0 Å². The molecule has 0 bridgehead atoms. The molecule has 0 aliphatic carbocycles. The van der Waals surface area contributed by atoms with E-state index >= 15 is 0 Å². The molecule has 1 rings (SSSR count). The quantitative estimate of drug-likeness (QED) is 0.298. The van der Waals surface area contributed by atoms with Crippen LogP contribution < -0.4 is 5.73 Å². The number of ketones is 1. The molecule has 2 N–H and O–H groups in total. The molecule has 0 amide bonds. The highest BCUT2D eigenvalue weighted by atomic mass is 127. The predicted octanol–water partition coefficient (Wildman–Crippen LogP) is 1.98. The van der Waals surface area contributed by atoms with E-state index in [2.05, 4.69) is 0 Å². The Kier molecular flexibility index (Phi) is 3.04. The average Bonchev–Trinajstić information content (AvgIpc) is 2.02. The van der Waals surface area contributed by atoms with Crippen molar-refractivity contribution in [1.29, 1.82) is 0 Å². The summed E-state index contributed by atoms with van der Waals surface area (Å²) in [7, 11) is 0. The smallest absolute Gasteiger partial charge is 0.283 e. The molecule has 0 radical (unpaired) electrons. The first-order chi connectivity index (χ1) is 6.43. The van der Waals surface area contributed by atoms with Crippen molar-refractivity contribution in [3.8, 4) is 0 Å². The SMILES string of the molecule is CC(=O)c1cc([N+](=O)[O-])c(I)cc1N. The molecule has 0 unspecified atom stereocenters. The fraction of sp³-hybridized carbons (Fsp3) is 0.125. The maximum Gasteiger partial charge on any atom is 0.283 e. The van der Waals surface area contributed by atoms with Crippen LogP contribution in [0.4, 0.5) is 11.4 Å². The number of anilines is 1. The van der Waals surface area contributed by atoms with Gasteiger partial charge < -0.3 is 5.73 Å². The van der Waals surface area contributed by atoms with Crippen molar-refractivity contribution in [1.82, 2.24) is 0 Å². The van der Waals surface area contributed by atoms with E-state index in [1.165, 1.54) is 19.1 Å². The largest absolute Gasteiger partial charge is 0.398 e. The van der Waals surface area contributed by atoms with Crippen LogP contribution in [0.15, 0.2) is 12.1 Å². The Balaban J connectivity index is 3.42. The molecule has 0 aliphatic heterocycles. The normalized spacial score (nSPS) is 9.86. The molecule has 74 valence electrons. The van der Waals surface area contributed by atoms with Crippen LogP contribution in [-0.2, 0) is 0 Å². The first-order valence-electron chi connectivity index (χ1n) is 3.68. The van der Waals surface area contributed by atoms with E-state index in [9.17, 15) is 14.9 Å². The molecular formula is C8H7IN2O3. The van der Waals surface area contributed by atoms with Gasteiger partial charge in [0, 0.05) is 17.3 Å². The van der Waals surface area contributed by atoms with E-state index in [0.717, 1.165) is 0 Å². The summed E-state index contributed by atoms with van der Waals surface area (Å²) < 4.78 is 0.426. The van der Waals surface area contributed by atoms with Crippen LogP contribution in [0.1, 0.15) is 17.3 Å². The lowest BCUT2D eigenvalue weighted by Crippen LogP contribution is -2.02. The van der Waals surface area contributed by atoms with E-state index in [-0.39, 0.29) is 22.7 Å². The summed E-state index contributed by atoms with van der Waals surface area (Å²) in [4.78, 5) is 21.1. The molecule has 14 heavy (non-hydrogen) atoms. The Bertz CT molecular complexity index is 382. The minimum Gasteiger partial charge on any atom is -0.398 e. The number of hydrogen-bond donors (Lipinski definition) is 1. The van der Waals surface area contributed by atoms with Gasteiger partial charge in [-0.05, 0) is 35.6 Å². The predicted molar refractivity (Wildman–Crippen MR) is 60.2 cm³/mol. The van der Waals surface area contributed by atoms with Gasteiger partial charge in [0.25, 0.3) is 5.69 Å². The second-order valence-electron chi connectivity index (χ2n) is 2.70. The highest BCUT2D eigenvalue weighted by molar-refractivity contribution is 14.1. The summed E-state index contributed by atoms with van der Waals surface area (Å²) in [6, 6.07) is 2.63. The van der Waals surface area contributed by atoms with Gasteiger partial charge in [0.1, 0.15) is 0 Å². The standard InChI is InChI=1S/C8H7IN2O3/c1-4(12)5-2-8(11(13)14)6(9)3-7(5)10/h2-3H,10H2,1H3. The van der Waals surface area contributed by atoms with Crippen molar-refractivity contribution in [3.63, 3.8) is 0 Å². The molecule has 0 spiro atoms. The first-order valence-corrected chi connectivity index (χ1v) is 4.75. The number of hydrogen-bond acceptors (Lipinski definition) is 4. The Labute approximate surface area is 93.6 Å². The van der Waals surface area contributed by atoms with Gasteiger partial charge in [-0.2, -0.15) is 0 Å². The summed E-state index contributed by atoms with van der Waals surface area (Å²) in [5, 5.41) is 10.6. The molecule has 0 aromatic heterocycles. The lowest BCUT2D eigenvalue weighted by Gasteiger charge is -2.02. The Morgan fingerprint density at radius 3 is 2.57 bits per heavy atom. The maximum absolute atomic E-state index is 11.0. The molecule has 1 aromatic carbocycles. The van der Waals surface area contributed by atoms with Crippen molar-refractivity contribution in [2.45, 2.75) is 6.92 Å². The van der Waals surface area contributed by atoms with Crippen LogP contribution >= 0.6 is 22.6 Å². The van der Waals surface area contributed by atoms with Gasteiger partial charge in [-0.15, -0.1) is 0 Å². The summed E-state index contributed by atoms with van der Waals surface area (Å²) in [6.07, 6.45) is 0. The molecule has 0 heterocycles. The molecule has 6 heteroatoms. The minimum atomic E-state index is -0.534.